The van der Waals surface area contributed by atoms with Gasteiger partial charge in [-0.05, 0) is 48.4 Å². The molecular weight excluding hydrogens is 355 g/mol. The van der Waals surface area contributed by atoms with E-state index in [0.29, 0.717) is 10.0 Å². The largest absolute Gasteiger partial charge is 0.368 e. The normalized spacial score (nSPS) is 15.0. The third kappa shape index (κ3) is 4.56. The van der Waals surface area contributed by atoms with Crippen molar-refractivity contribution in [2.75, 3.05) is 31.1 Å². The Labute approximate surface area is 158 Å². The molecule has 0 aromatic heterocycles. The number of hydrogen-bond acceptors (Lipinski definition) is 2. The van der Waals surface area contributed by atoms with Crippen LogP contribution in [0, 0.1) is 6.92 Å². The average molecular weight is 375 g/mol. The van der Waals surface area contributed by atoms with Gasteiger partial charge in [0.15, 0.2) is 0 Å². The summed E-state index contributed by atoms with van der Waals surface area (Å²) in [5.41, 5.74) is 3.33. The van der Waals surface area contributed by atoms with E-state index in [-0.39, 0.29) is 5.91 Å². The van der Waals surface area contributed by atoms with E-state index < -0.39 is 0 Å². The number of amides is 1. The Morgan fingerprint density at radius 3 is 2.44 bits per heavy atom. The molecule has 0 saturated carbocycles. The summed E-state index contributed by atoms with van der Waals surface area (Å²) in [6.07, 6.45) is 3.37. The van der Waals surface area contributed by atoms with Gasteiger partial charge in [0.05, 0.1) is 10.0 Å². The Bertz CT molecular complexity index is 796. The fourth-order valence-electron chi connectivity index (χ4n) is 2.90. The predicted molar refractivity (Wildman–Crippen MR) is 105 cm³/mol. The van der Waals surface area contributed by atoms with Crippen LogP contribution in [0.1, 0.15) is 11.1 Å². The molecule has 0 spiro atoms. The first-order chi connectivity index (χ1) is 12.0. The SMILES string of the molecule is Cc1cccc(N2CCN(C(=O)/C=C/c3ccc(Cl)c(Cl)c3)CC2)c1. The third-order valence-electron chi connectivity index (χ3n) is 4.32. The van der Waals surface area contributed by atoms with Crippen LogP contribution in [0.5, 0.6) is 0 Å². The molecular formula is C20H20Cl2N2O. The van der Waals surface area contributed by atoms with Crippen molar-refractivity contribution in [2.24, 2.45) is 0 Å². The molecule has 3 rings (SSSR count). The van der Waals surface area contributed by atoms with Crippen LogP contribution in [-0.2, 0) is 4.79 Å². The van der Waals surface area contributed by atoms with E-state index in [4.69, 9.17) is 23.2 Å². The number of hydrogen-bond donors (Lipinski definition) is 0. The van der Waals surface area contributed by atoms with E-state index in [0.717, 1.165) is 31.7 Å². The number of carbonyl (C=O) groups excluding carboxylic acids is 1. The van der Waals surface area contributed by atoms with Gasteiger partial charge in [0.1, 0.15) is 0 Å². The molecule has 0 unspecified atom stereocenters. The topological polar surface area (TPSA) is 23.6 Å². The van der Waals surface area contributed by atoms with E-state index in [1.54, 1.807) is 24.3 Å². The fourth-order valence-corrected chi connectivity index (χ4v) is 3.21. The minimum atomic E-state index is 0.0231. The minimum absolute atomic E-state index is 0.0231. The molecule has 1 aliphatic rings. The second-order valence-electron chi connectivity index (χ2n) is 6.16. The molecule has 1 heterocycles. The molecule has 1 fully saturated rings. The Balaban J connectivity index is 1.58. The lowest BCUT2D eigenvalue weighted by Gasteiger charge is -2.35. The van der Waals surface area contributed by atoms with Gasteiger partial charge in [0, 0.05) is 37.9 Å². The highest BCUT2D eigenvalue weighted by Gasteiger charge is 2.19. The quantitative estimate of drug-likeness (QED) is 0.729. The highest BCUT2D eigenvalue weighted by molar-refractivity contribution is 6.42. The van der Waals surface area contributed by atoms with Crippen LogP contribution in [0.3, 0.4) is 0 Å². The number of piperazine rings is 1. The highest BCUT2D eigenvalue weighted by atomic mass is 35.5. The molecule has 0 atom stereocenters. The van der Waals surface area contributed by atoms with Crippen LogP contribution in [0.25, 0.3) is 6.08 Å². The summed E-state index contributed by atoms with van der Waals surface area (Å²) < 4.78 is 0. The van der Waals surface area contributed by atoms with Crippen LogP contribution in [0.15, 0.2) is 48.5 Å². The Hall–Kier alpha value is -1.97. The zero-order valence-corrected chi connectivity index (χ0v) is 15.6. The summed E-state index contributed by atoms with van der Waals surface area (Å²) in [6, 6.07) is 13.8. The summed E-state index contributed by atoms with van der Waals surface area (Å²) in [4.78, 5) is 16.6. The summed E-state index contributed by atoms with van der Waals surface area (Å²) >= 11 is 11.9. The number of carbonyl (C=O) groups is 1. The van der Waals surface area contributed by atoms with Gasteiger partial charge in [-0.15, -0.1) is 0 Å². The van der Waals surface area contributed by atoms with Gasteiger partial charge in [0.25, 0.3) is 0 Å². The summed E-state index contributed by atoms with van der Waals surface area (Å²) in [5, 5.41) is 1.00. The van der Waals surface area contributed by atoms with Gasteiger partial charge >= 0.3 is 0 Å². The molecule has 2 aromatic carbocycles. The van der Waals surface area contributed by atoms with Crippen molar-refractivity contribution in [3.8, 4) is 0 Å². The molecule has 2 aromatic rings. The third-order valence-corrected chi connectivity index (χ3v) is 5.06. The predicted octanol–water partition coefficient (Wildman–Crippen LogP) is 4.66. The molecule has 0 N–H and O–H groups in total. The maximum absolute atomic E-state index is 12.4. The number of anilines is 1. The van der Waals surface area contributed by atoms with Gasteiger partial charge in [-0.3, -0.25) is 4.79 Å². The number of halogens is 2. The molecule has 25 heavy (non-hydrogen) atoms. The standard InChI is InChI=1S/C20H20Cl2N2O/c1-15-3-2-4-17(13-15)23-9-11-24(12-10-23)20(25)8-6-16-5-7-18(21)19(22)14-16/h2-8,13-14H,9-12H2,1H3/b8-6+. The lowest BCUT2D eigenvalue weighted by molar-refractivity contribution is -0.126. The van der Waals surface area contributed by atoms with Gasteiger partial charge in [-0.1, -0.05) is 41.4 Å². The van der Waals surface area contributed by atoms with E-state index >= 15 is 0 Å². The highest BCUT2D eigenvalue weighted by Crippen LogP contribution is 2.23. The maximum atomic E-state index is 12.4. The maximum Gasteiger partial charge on any atom is 0.246 e. The Kier molecular flexibility index (Phi) is 5.67. The first-order valence-corrected chi connectivity index (χ1v) is 9.02. The van der Waals surface area contributed by atoms with E-state index in [1.165, 1.54) is 11.3 Å². The van der Waals surface area contributed by atoms with Crippen molar-refractivity contribution < 1.29 is 4.79 Å². The van der Waals surface area contributed by atoms with E-state index in [1.807, 2.05) is 11.0 Å². The van der Waals surface area contributed by atoms with Crippen molar-refractivity contribution in [2.45, 2.75) is 6.92 Å². The Morgan fingerprint density at radius 2 is 1.76 bits per heavy atom. The second-order valence-corrected chi connectivity index (χ2v) is 6.97. The van der Waals surface area contributed by atoms with E-state index in [2.05, 4.69) is 36.1 Å². The average Bonchev–Trinajstić information content (AvgIpc) is 2.62. The Morgan fingerprint density at radius 1 is 1.00 bits per heavy atom. The molecule has 0 bridgehead atoms. The number of benzene rings is 2. The van der Waals surface area contributed by atoms with Crippen LogP contribution < -0.4 is 4.90 Å². The molecule has 1 saturated heterocycles. The monoisotopic (exact) mass is 374 g/mol. The fraction of sp³-hybridized carbons (Fsp3) is 0.250. The second kappa shape index (κ2) is 7.94. The van der Waals surface area contributed by atoms with Gasteiger partial charge in [0.2, 0.25) is 5.91 Å². The molecule has 0 radical (unpaired) electrons. The van der Waals surface area contributed by atoms with Crippen LogP contribution in [-0.4, -0.2) is 37.0 Å². The minimum Gasteiger partial charge on any atom is -0.368 e. The zero-order chi connectivity index (χ0) is 17.8. The number of aryl methyl sites for hydroxylation is 1. The molecule has 1 amide bonds. The first-order valence-electron chi connectivity index (χ1n) is 8.26. The zero-order valence-electron chi connectivity index (χ0n) is 14.1. The van der Waals surface area contributed by atoms with Crippen molar-refractivity contribution in [3.05, 3.63) is 69.7 Å². The van der Waals surface area contributed by atoms with Gasteiger partial charge < -0.3 is 9.80 Å². The number of nitrogens with zero attached hydrogens (tertiary/aromatic N) is 2. The van der Waals surface area contributed by atoms with E-state index in [9.17, 15) is 4.79 Å². The summed E-state index contributed by atoms with van der Waals surface area (Å²) in [6.45, 7) is 5.22. The van der Waals surface area contributed by atoms with Crippen LogP contribution in [0.4, 0.5) is 5.69 Å². The molecule has 0 aliphatic carbocycles. The van der Waals surface area contributed by atoms with Crippen LogP contribution in [0.2, 0.25) is 10.0 Å². The summed E-state index contributed by atoms with van der Waals surface area (Å²) in [5.74, 6) is 0.0231. The van der Waals surface area contributed by atoms with Crippen LogP contribution >= 0.6 is 23.2 Å². The van der Waals surface area contributed by atoms with Crippen molar-refractivity contribution in [1.82, 2.24) is 4.90 Å². The lowest BCUT2D eigenvalue weighted by atomic mass is 10.2. The van der Waals surface area contributed by atoms with Crippen molar-refractivity contribution in [1.29, 1.82) is 0 Å². The first kappa shape index (κ1) is 17.8. The smallest absolute Gasteiger partial charge is 0.246 e. The number of rotatable bonds is 3. The molecule has 130 valence electrons. The van der Waals surface area contributed by atoms with Crippen molar-refractivity contribution in [3.63, 3.8) is 0 Å². The summed E-state index contributed by atoms with van der Waals surface area (Å²) in [7, 11) is 0. The molecule has 5 heteroatoms. The van der Waals surface area contributed by atoms with Gasteiger partial charge in [-0.25, -0.2) is 0 Å². The van der Waals surface area contributed by atoms with Crippen molar-refractivity contribution >= 4 is 40.9 Å². The lowest BCUT2D eigenvalue weighted by Crippen LogP contribution is -2.48. The molecule has 1 aliphatic heterocycles. The van der Waals surface area contributed by atoms with Gasteiger partial charge in [-0.2, -0.15) is 0 Å². The molecule has 3 nitrogen and oxygen atoms in total.